The number of hydrogen-bond donors (Lipinski definition) is 1. The van der Waals surface area contributed by atoms with Gasteiger partial charge < -0.3 is 24.4 Å². The summed E-state index contributed by atoms with van der Waals surface area (Å²) in [5, 5.41) is 3.19. The van der Waals surface area contributed by atoms with E-state index in [1.807, 2.05) is 12.1 Å². The average molecular weight is 389 g/mol. The fourth-order valence-corrected chi connectivity index (χ4v) is 4.72. The number of carbonyl (C=O) groups is 1. The summed E-state index contributed by atoms with van der Waals surface area (Å²) in [5.41, 5.74) is 1.16. The van der Waals surface area contributed by atoms with Gasteiger partial charge in [-0.15, -0.1) is 0 Å². The Morgan fingerprint density at radius 1 is 1.21 bits per heavy atom. The molecule has 0 bridgehead atoms. The van der Waals surface area contributed by atoms with E-state index in [0.717, 1.165) is 75.5 Å². The second kappa shape index (κ2) is 9.14. The molecule has 0 aliphatic carbocycles. The smallest absolute Gasteiger partial charge is 0.223 e. The first-order valence-corrected chi connectivity index (χ1v) is 10.6. The number of hydrogen-bond acceptors (Lipinski definition) is 5. The summed E-state index contributed by atoms with van der Waals surface area (Å²) in [6.07, 6.45) is 5.10. The van der Waals surface area contributed by atoms with Crippen molar-refractivity contribution in [2.75, 3.05) is 46.6 Å². The molecule has 1 aromatic rings. The lowest BCUT2D eigenvalue weighted by atomic mass is 9.92. The maximum atomic E-state index is 12.7. The van der Waals surface area contributed by atoms with E-state index in [4.69, 9.17) is 14.2 Å². The summed E-state index contributed by atoms with van der Waals surface area (Å²) >= 11 is 0. The van der Waals surface area contributed by atoms with Gasteiger partial charge in [0.1, 0.15) is 0 Å². The van der Waals surface area contributed by atoms with Gasteiger partial charge in [-0.05, 0) is 56.8 Å². The highest BCUT2D eigenvalue weighted by atomic mass is 16.5. The molecule has 28 heavy (non-hydrogen) atoms. The van der Waals surface area contributed by atoms with Crippen molar-refractivity contribution in [1.29, 1.82) is 0 Å². The number of likely N-dealkylation sites (tertiary alicyclic amines) is 1. The number of fused-ring (bicyclic) bond motifs is 1. The summed E-state index contributed by atoms with van der Waals surface area (Å²) in [7, 11) is 1.67. The Hall–Kier alpha value is -1.79. The van der Waals surface area contributed by atoms with Gasteiger partial charge in [0.2, 0.25) is 5.91 Å². The normalized spacial score (nSPS) is 24.2. The zero-order valence-electron chi connectivity index (χ0n) is 16.8. The Kier molecular flexibility index (Phi) is 6.37. The van der Waals surface area contributed by atoms with Gasteiger partial charge in [0.05, 0.1) is 13.7 Å². The van der Waals surface area contributed by atoms with Crippen molar-refractivity contribution >= 4 is 5.91 Å². The molecule has 0 aromatic heterocycles. The van der Waals surface area contributed by atoms with Gasteiger partial charge >= 0.3 is 0 Å². The van der Waals surface area contributed by atoms with E-state index < -0.39 is 0 Å². The van der Waals surface area contributed by atoms with Crippen LogP contribution in [0.5, 0.6) is 11.5 Å². The molecule has 3 aliphatic heterocycles. The van der Waals surface area contributed by atoms with Crippen molar-refractivity contribution in [3.05, 3.63) is 23.8 Å². The molecule has 3 heterocycles. The topological polar surface area (TPSA) is 60.0 Å². The van der Waals surface area contributed by atoms with Crippen LogP contribution in [-0.4, -0.2) is 63.4 Å². The third-order valence-corrected chi connectivity index (χ3v) is 6.42. The number of amides is 1. The molecule has 154 valence electrons. The summed E-state index contributed by atoms with van der Waals surface area (Å²) in [5.74, 6) is 2.31. The number of ether oxygens (including phenoxy) is 3. The van der Waals surface area contributed by atoms with E-state index >= 15 is 0 Å². The standard InChI is InChI=1S/C22H32N2O4/c1-26-20-4-2-3-18-13-16(15-28-21(18)20)14-23-22(25)17-5-9-24(10-6-17)19-7-11-27-12-8-19/h2-4,16-17,19H,5-15H2,1H3,(H,23,25). The Labute approximate surface area is 167 Å². The lowest BCUT2D eigenvalue weighted by Gasteiger charge is -2.38. The molecule has 3 aliphatic rings. The fourth-order valence-electron chi connectivity index (χ4n) is 4.72. The molecule has 6 nitrogen and oxygen atoms in total. The van der Waals surface area contributed by atoms with Crippen LogP contribution in [0.1, 0.15) is 31.2 Å². The number of nitrogens with one attached hydrogen (secondary N) is 1. The van der Waals surface area contributed by atoms with Gasteiger partial charge in [0.15, 0.2) is 11.5 Å². The maximum absolute atomic E-state index is 12.7. The molecule has 2 saturated heterocycles. The van der Waals surface area contributed by atoms with Crippen molar-refractivity contribution < 1.29 is 19.0 Å². The summed E-state index contributed by atoms with van der Waals surface area (Å²) in [6.45, 7) is 5.11. The first kappa shape index (κ1) is 19.5. The van der Waals surface area contributed by atoms with Crippen LogP contribution in [-0.2, 0) is 16.0 Å². The minimum atomic E-state index is 0.146. The summed E-state index contributed by atoms with van der Waals surface area (Å²) in [4.78, 5) is 15.2. The molecule has 4 rings (SSSR count). The van der Waals surface area contributed by atoms with E-state index in [1.54, 1.807) is 7.11 Å². The Morgan fingerprint density at radius 2 is 2.00 bits per heavy atom. The second-order valence-electron chi connectivity index (χ2n) is 8.23. The minimum Gasteiger partial charge on any atom is -0.493 e. The lowest BCUT2D eigenvalue weighted by Crippen LogP contribution is -2.47. The molecular formula is C22H32N2O4. The van der Waals surface area contributed by atoms with Crippen LogP contribution in [0.3, 0.4) is 0 Å². The molecule has 1 amide bonds. The van der Waals surface area contributed by atoms with Crippen molar-refractivity contribution in [2.24, 2.45) is 11.8 Å². The van der Waals surface area contributed by atoms with Crippen LogP contribution in [0, 0.1) is 11.8 Å². The van der Waals surface area contributed by atoms with E-state index in [2.05, 4.69) is 16.3 Å². The van der Waals surface area contributed by atoms with Crippen LogP contribution in [0.25, 0.3) is 0 Å². The third-order valence-electron chi connectivity index (χ3n) is 6.42. The lowest BCUT2D eigenvalue weighted by molar-refractivity contribution is -0.127. The highest BCUT2D eigenvalue weighted by Crippen LogP contribution is 2.35. The zero-order chi connectivity index (χ0) is 19.3. The van der Waals surface area contributed by atoms with Gasteiger partial charge in [-0.1, -0.05) is 12.1 Å². The highest BCUT2D eigenvalue weighted by molar-refractivity contribution is 5.78. The van der Waals surface area contributed by atoms with Crippen LogP contribution >= 0.6 is 0 Å². The van der Waals surface area contributed by atoms with Gasteiger partial charge in [0.25, 0.3) is 0 Å². The number of methoxy groups -OCH3 is 1. The second-order valence-corrected chi connectivity index (χ2v) is 8.23. The van der Waals surface area contributed by atoms with E-state index in [-0.39, 0.29) is 11.8 Å². The highest BCUT2D eigenvalue weighted by Gasteiger charge is 2.30. The Balaban J connectivity index is 1.22. The molecular weight excluding hydrogens is 356 g/mol. The third kappa shape index (κ3) is 4.44. The quantitative estimate of drug-likeness (QED) is 0.838. The molecule has 0 saturated carbocycles. The SMILES string of the molecule is COc1cccc2c1OCC(CNC(=O)C1CCN(C3CCOCC3)CC1)C2. The Morgan fingerprint density at radius 3 is 2.75 bits per heavy atom. The molecule has 2 fully saturated rings. The summed E-state index contributed by atoms with van der Waals surface area (Å²) in [6, 6.07) is 6.65. The minimum absolute atomic E-state index is 0.146. The number of benzene rings is 1. The zero-order valence-corrected chi connectivity index (χ0v) is 16.8. The van der Waals surface area contributed by atoms with Crippen LogP contribution < -0.4 is 14.8 Å². The Bertz CT molecular complexity index is 667. The van der Waals surface area contributed by atoms with Gasteiger partial charge in [-0.2, -0.15) is 0 Å². The molecule has 1 unspecified atom stereocenters. The molecule has 0 radical (unpaired) electrons. The van der Waals surface area contributed by atoms with Crippen molar-refractivity contribution in [3.8, 4) is 11.5 Å². The molecule has 6 heteroatoms. The van der Waals surface area contributed by atoms with Gasteiger partial charge in [-0.3, -0.25) is 4.79 Å². The van der Waals surface area contributed by atoms with Gasteiger partial charge in [-0.25, -0.2) is 0 Å². The van der Waals surface area contributed by atoms with Crippen LogP contribution in [0.2, 0.25) is 0 Å². The first-order chi connectivity index (χ1) is 13.7. The molecule has 1 aromatic carbocycles. The van der Waals surface area contributed by atoms with E-state index in [9.17, 15) is 4.79 Å². The average Bonchev–Trinajstić information content (AvgIpc) is 2.77. The van der Waals surface area contributed by atoms with Crippen molar-refractivity contribution in [2.45, 2.75) is 38.1 Å². The van der Waals surface area contributed by atoms with Gasteiger partial charge in [0, 0.05) is 37.6 Å². The largest absolute Gasteiger partial charge is 0.493 e. The molecule has 0 spiro atoms. The number of carbonyl (C=O) groups excluding carboxylic acids is 1. The number of rotatable bonds is 5. The molecule has 1 N–H and O–H groups in total. The number of piperidine rings is 1. The maximum Gasteiger partial charge on any atom is 0.223 e. The van der Waals surface area contributed by atoms with Crippen LogP contribution in [0.4, 0.5) is 0 Å². The predicted octanol–water partition coefficient (Wildman–Crippen LogP) is 2.25. The number of para-hydroxylation sites is 1. The first-order valence-electron chi connectivity index (χ1n) is 10.6. The summed E-state index contributed by atoms with van der Waals surface area (Å²) < 4.78 is 16.8. The monoisotopic (exact) mass is 388 g/mol. The predicted molar refractivity (Wildman–Crippen MR) is 107 cm³/mol. The van der Waals surface area contributed by atoms with Crippen molar-refractivity contribution in [3.63, 3.8) is 0 Å². The number of nitrogens with zero attached hydrogens (tertiary/aromatic N) is 1. The van der Waals surface area contributed by atoms with Crippen LogP contribution in [0.15, 0.2) is 18.2 Å². The van der Waals surface area contributed by atoms with E-state index in [0.29, 0.717) is 25.1 Å². The van der Waals surface area contributed by atoms with E-state index in [1.165, 1.54) is 0 Å². The molecule has 1 atom stereocenters. The fraction of sp³-hybridized carbons (Fsp3) is 0.682. The van der Waals surface area contributed by atoms with Crippen molar-refractivity contribution in [1.82, 2.24) is 10.2 Å².